The number of carbonyl (C=O) groups is 1. The Kier molecular flexibility index (Phi) is 41.6. The maximum Gasteiger partial charge on any atom is 0.397 e. The number of carbonyl (C=O) groups excluding carboxylic acids is 1. The van der Waals surface area contributed by atoms with Crippen LogP contribution in [0.2, 0.25) is 0 Å². The molecule has 6 unspecified atom stereocenters. The minimum atomic E-state index is -5.07. The second-order valence-electron chi connectivity index (χ2n) is 18.1. The van der Waals surface area contributed by atoms with Crippen LogP contribution >= 0.6 is 0 Å². The number of hydrogen-bond acceptors (Lipinski definition) is 11. The van der Waals surface area contributed by atoms with Crippen molar-refractivity contribution in [3.63, 3.8) is 0 Å². The van der Waals surface area contributed by atoms with Crippen LogP contribution in [0.25, 0.3) is 0 Å². The molecule has 1 aliphatic heterocycles. The smallest absolute Gasteiger partial charge is 0.397 e. The summed E-state index contributed by atoms with van der Waals surface area (Å²) in [6.45, 7) is 3.95. The molecular formula is C53H96O12S. The van der Waals surface area contributed by atoms with Crippen LogP contribution in [0.5, 0.6) is 0 Å². The van der Waals surface area contributed by atoms with Gasteiger partial charge in [0.05, 0.1) is 19.8 Å². The van der Waals surface area contributed by atoms with Crippen molar-refractivity contribution in [3.05, 3.63) is 48.6 Å². The third-order valence-corrected chi connectivity index (χ3v) is 12.4. The van der Waals surface area contributed by atoms with Crippen LogP contribution in [0.15, 0.2) is 48.6 Å². The summed E-state index contributed by atoms with van der Waals surface area (Å²) in [5, 5.41) is 30.8. The van der Waals surface area contributed by atoms with Crippen LogP contribution in [0.3, 0.4) is 0 Å². The van der Waals surface area contributed by atoms with E-state index in [-0.39, 0.29) is 19.6 Å². The maximum atomic E-state index is 12.9. The van der Waals surface area contributed by atoms with Crippen molar-refractivity contribution in [1.29, 1.82) is 0 Å². The number of aliphatic hydroxyl groups is 3. The lowest BCUT2D eigenvalue weighted by Crippen LogP contribution is -2.60. The summed E-state index contributed by atoms with van der Waals surface area (Å²) in [4.78, 5) is 12.9. The lowest BCUT2D eigenvalue weighted by molar-refractivity contribution is -0.301. The van der Waals surface area contributed by atoms with E-state index in [1.807, 2.05) is 0 Å². The molecular weight excluding hydrogens is 861 g/mol. The summed E-state index contributed by atoms with van der Waals surface area (Å²) < 4.78 is 59.2. The van der Waals surface area contributed by atoms with Crippen LogP contribution in [-0.4, -0.2) is 97.5 Å². The average Bonchev–Trinajstić information content (AvgIpc) is 3.29. The van der Waals surface area contributed by atoms with Crippen LogP contribution in [0.1, 0.15) is 219 Å². The quantitative estimate of drug-likeness (QED) is 0.0197. The number of esters is 1. The Morgan fingerprint density at radius 3 is 1.47 bits per heavy atom. The van der Waals surface area contributed by atoms with E-state index in [0.717, 1.165) is 70.6 Å². The fourth-order valence-corrected chi connectivity index (χ4v) is 8.42. The molecule has 0 aliphatic carbocycles. The van der Waals surface area contributed by atoms with Gasteiger partial charge in [0.2, 0.25) is 0 Å². The van der Waals surface area contributed by atoms with Crippen LogP contribution in [0, 0.1) is 0 Å². The van der Waals surface area contributed by atoms with Crippen molar-refractivity contribution in [1.82, 2.24) is 0 Å². The van der Waals surface area contributed by atoms with Crippen molar-refractivity contribution in [2.24, 2.45) is 0 Å². The topological polar surface area (TPSA) is 178 Å². The first kappa shape index (κ1) is 62.1. The molecule has 0 saturated carbocycles. The Morgan fingerprint density at radius 2 is 1.00 bits per heavy atom. The minimum Gasteiger partial charge on any atom is -0.457 e. The number of unbranched alkanes of at least 4 members (excludes halogenated alkanes) is 25. The summed E-state index contributed by atoms with van der Waals surface area (Å²) in [7, 11) is -5.07. The monoisotopic (exact) mass is 957 g/mol. The zero-order valence-electron chi connectivity index (χ0n) is 41.5. The molecule has 4 N–H and O–H groups in total. The molecule has 0 aromatic heterocycles. The van der Waals surface area contributed by atoms with Gasteiger partial charge in [-0.15, -0.1) is 0 Å². The predicted molar refractivity (Wildman–Crippen MR) is 266 cm³/mol. The van der Waals surface area contributed by atoms with Gasteiger partial charge in [0.15, 0.2) is 6.29 Å². The number of allylic oxidation sites excluding steroid dienone is 8. The highest BCUT2D eigenvalue weighted by Gasteiger charge is 2.48. The van der Waals surface area contributed by atoms with Gasteiger partial charge < -0.3 is 34.3 Å². The molecule has 12 nitrogen and oxygen atoms in total. The SMILES string of the molecule is CCCCC/C=C\C/C=C\CCCCCCCC(=O)OC(COCCCCCCCCCCCCCC/C=C\C/C=C\CCCCCCC)COC1OC(CO)C(O)C(OS(=O)(=O)O)C1O. The predicted octanol–water partition coefficient (Wildman–Crippen LogP) is 12.3. The first-order chi connectivity index (χ1) is 32.1. The molecule has 13 heteroatoms. The summed E-state index contributed by atoms with van der Waals surface area (Å²) in [6, 6.07) is 0. The van der Waals surface area contributed by atoms with E-state index < -0.39 is 59.8 Å². The first-order valence-electron chi connectivity index (χ1n) is 26.4. The molecule has 1 aliphatic rings. The standard InChI is InChI=1S/C53H96O12S/c1-3-5-7-9-11-13-15-17-19-20-21-22-23-24-25-26-27-29-31-33-35-37-39-41-43-61-45-47(46-62-53-51(57)52(65-66(58,59)60)50(56)48(44-54)64-53)63-49(55)42-40-38-36-34-32-30-28-18-16-14-12-10-8-6-4-2/h12,14-15,17-18,20-21,28,47-48,50-54,56-57H,3-11,13,16,19,22-27,29-46H2,1-2H3,(H,58,59,60)/b14-12-,17-15-,21-20-,28-18-. The van der Waals surface area contributed by atoms with E-state index in [1.54, 1.807) is 0 Å². The highest BCUT2D eigenvalue weighted by atomic mass is 32.3. The molecule has 0 aromatic rings. The zero-order chi connectivity index (χ0) is 48.2. The van der Waals surface area contributed by atoms with Gasteiger partial charge in [0.25, 0.3) is 0 Å². The number of hydrogen-bond donors (Lipinski definition) is 4. The summed E-state index contributed by atoms with van der Waals surface area (Å²) in [6.07, 6.45) is 45.7. The van der Waals surface area contributed by atoms with Gasteiger partial charge in [-0.05, 0) is 77.0 Å². The van der Waals surface area contributed by atoms with E-state index in [2.05, 4.69) is 66.6 Å². The molecule has 1 heterocycles. The molecule has 386 valence electrons. The Labute approximate surface area is 402 Å². The number of aliphatic hydroxyl groups excluding tert-OH is 3. The summed E-state index contributed by atoms with van der Waals surface area (Å²) >= 11 is 0. The van der Waals surface area contributed by atoms with Gasteiger partial charge in [0, 0.05) is 13.0 Å². The lowest BCUT2D eigenvalue weighted by atomic mass is 9.99. The van der Waals surface area contributed by atoms with Gasteiger partial charge >= 0.3 is 16.4 Å². The molecule has 6 atom stereocenters. The van der Waals surface area contributed by atoms with Crippen molar-refractivity contribution < 1.29 is 56.2 Å². The van der Waals surface area contributed by atoms with Crippen molar-refractivity contribution in [3.8, 4) is 0 Å². The Balaban J connectivity index is 2.33. The molecule has 0 amide bonds. The lowest BCUT2D eigenvalue weighted by Gasteiger charge is -2.41. The average molecular weight is 957 g/mol. The highest BCUT2D eigenvalue weighted by Crippen LogP contribution is 2.26. The Hall–Kier alpha value is -1.94. The summed E-state index contributed by atoms with van der Waals surface area (Å²) in [5.41, 5.74) is 0. The normalized spacial score (nSPS) is 19.9. The largest absolute Gasteiger partial charge is 0.457 e. The Morgan fingerprint density at radius 1 is 0.576 bits per heavy atom. The third-order valence-electron chi connectivity index (χ3n) is 11.9. The molecule has 0 aromatic carbocycles. The van der Waals surface area contributed by atoms with E-state index >= 15 is 0 Å². The second-order valence-corrected chi connectivity index (χ2v) is 19.2. The third kappa shape index (κ3) is 37.0. The van der Waals surface area contributed by atoms with Gasteiger partial charge in [-0.1, -0.05) is 184 Å². The molecule has 0 spiro atoms. The van der Waals surface area contributed by atoms with Crippen LogP contribution < -0.4 is 0 Å². The van der Waals surface area contributed by atoms with E-state index in [0.29, 0.717) is 13.0 Å². The van der Waals surface area contributed by atoms with Gasteiger partial charge in [-0.2, -0.15) is 8.42 Å². The first-order valence-corrected chi connectivity index (χ1v) is 27.8. The maximum absolute atomic E-state index is 12.9. The summed E-state index contributed by atoms with van der Waals surface area (Å²) in [5.74, 6) is -0.412. The van der Waals surface area contributed by atoms with Crippen LogP contribution in [-0.2, 0) is 38.3 Å². The number of ether oxygens (including phenoxy) is 4. The van der Waals surface area contributed by atoms with Crippen molar-refractivity contribution in [2.75, 3.05) is 26.4 Å². The molecule has 1 fully saturated rings. The fraction of sp³-hybridized carbons (Fsp3) is 0.830. The van der Waals surface area contributed by atoms with Crippen molar-refractivity contribution >= 4 is 16.4 Å². The van der Waals surface area contributed by atoms with Crippen molar-refractivity contribution in [2.45, 2.75) is 256 Å². The van der Waals surface area contributed by atoms with Gasteiger partial charge in [0.1, 0.15) is 30.5 Å². The zero-order valence-corrected chi connectivity index (χ0v) is 42.3. The molecule has 66 heavy (non-hydrogen) atoms. The molecule has 0 radical (unpaired) electrons. The highest BCUT2D eigenvalue weighted by molar-refractivity contribution is 7.80. The van der Waals surface area contributed by atoms with Gasteiger partial charge in [-0.3, -0.25) is 9.35 Å². The van der Waals surface area contributed by atoms with Gasteiger partial charge in [-0.25, -0.2) is 4.18 Å². The minimum absolute atomic E-state index is 0.0291. The van der Waals surface area contributed by atoms with E-state index in [1.165, 1.54) is 122 Å². The fourth-order valence-electron chi connectivity index (χ4n) is 7.91. The van der Waals surface area contributed by atoms with E-state index in [9.17, 15) is 33.1 Å². The molecule has 1 saturated heterocycles. The molecule has 0 bridgehead atoms. The van der Waals surface area contributed by atoms with E-state index in [4.69, 9.17) is 18.9 Å². The molecule has 1 rings (SSSR count). The Bertz CT molecular complexity index is 1340. The van der Waals surface area contributed by atoms with Crippen LogP contribution in [0.4, 0.5) is 0 Å². The number of rotatable bonds is 46. The second kappa shape index (κ2) is 44.3.